The molecule has 8 nitrogen and oxygen atoms in total. The van der Waals surface area contributed by atoms with E-state index in [0.717, 1.165) is 17.1 Å². The van der Waals surface area contributed by atoms with Crippen LogP contribution in [0.4, 0.5) is 10.8 Å². The molecule has 3 aromatic rings. The van der Waals surface area contributed by atoms with Crippen LogP contribution in [-0.2, 0) is 11.2 Å². The molecular weight excluding hydrogens is 428 g/mol. The quantitative estimate of drug-likeness (QED) is 0.585. The average molecular weight is 453 g/mol. The largest absolute Gasteiger partial charge is 0.497 e. The molecule has 9 heteroatoms. The van der Waals surface area contributed by atoms with E-state index in [1.165, 1.54) is 31.1 Å². The van der Waals surface area contributed by atoms with E-state index in [1.807, 2.05) is 24.3 Å². The predicted octanol–water partition coefficient (Wildman–Crippen LogP) is 3.89. The second-order valence-corrected chi connectivity index (χ2v) is 8.44. The Morgan fingerprint density at radius 3 is 2.44 bits per heavy atom. The van der Waals surface area contributed by atoms with Crippen LogP contribution in [0, 0.1) is 0 Å². The van der Waals surface area contributed by atoms with E-state index in [9.17, 15) is 9.59 Å². The summed E-state index contributed by atoms with van der Waals surface area (Å²) in [5, 5.41) is 12.2. The second-order valence-electron chi connectivity index (χ2n) is 7.43. The van der Waals surface area contributed by atoms with Gasteiger partial charge in [0.2, 0.25) is 11.0 Å². The molecule has 1 fully saturated rings. The number of hydrogen-bond acceptors (Lipinski definition) is 7. The molecule has 0 bridgehead atoms. The molecule has 1 atom stereocenters. The maximum atomic E-state index is 12.7. The molecule has 1 aliphatic heterocycles. The Hall–Kier alpha value is -3.46. The first kappa shape index (κ1) is 21.8. The zero-order valence-electron chi connectivity index (χ0n) is 18.1. The Morgan fingerprint density at radius 2 is 1.81 bits per heavy atom. The monoisotopic (exact) mass is 452 g/mol. The fourth-order valence-electron chi connectivity index (χ4n) is 3.59. The van der Waals surface area contributed by atoms with Gasteiger partial charge in [-0.15, -0.1) is 10.2 Å². The van der Waals surface area contributed by atoms with Crippen LogP contribution in [0.5, 0.6) is 11.5 Å². The molecule has 4 rings (SSSR count). The summed E-state index contributed by atoms with van der Waals surface area (Å²) in [6.45, 7) is 2.64. The van der Waals surface area contributed by atoms with Crippen molar-refractivity contribution in [3.05, 3.63) is 58.6 Å². The van der Waals surface area contributed by atoms with Crippen molar-refractivity contribution in [2.24, 2.45) is 0 Å². The highest BCUT2D eigenvalue weighted by atomic mass is 32.1. The minimum absolute atomic E-state index is 0.0588. The third kappa shape index (κ3) is 4.57. The number of anilines is 2. The molecule has 0 saturated carbocycles. The van der Waals surface area contributed by atoms with E-state index >= 15 is 0 Å². The molecule has 1 N–H and O–H groups in total. The van der Waals surface area contributed by atoms with Crippen LogP contribution in [0.2, 0.25) is 0 Å². The number of methoxy groups -OCH3 is 2. The van der Waals surface area contributed by atoms with Crippen molar-refractivity contribution in [3.8, 4) is 11.5 Å². The number of aryl methyl sites for hydroxylation is 1. The summed E-state index contributed by atoms with van der Waals surface area (Å²) in [7, 11) is 3.05. The predicted molar refractivity (Wildman–Crippen MR) is 123 cm³/mol. The van der Waals surface area contributed by atoms with Gasteiger partial charge in [-0.25, -0.2) is 0 Å². The number of rotatable bonds is 7. The Bertz CT molecular complexity index is 1110. The van der Waals surface area contributed by atoms with E-state index < -0.39 is 0 Å². The first-order valence-electron chi connectivity index (χ1n) is 10.3. The fraction of sp³-hybridized carbons (Fsp3) is 0.304. The lowest BCUT2D eigenvalue weighted by Crippen LogP contribution is -2.24. The zero-order valence-corrected chi connectivity index (χ0v) is 18.9. The van der Waals surface area contributed by atoms with Crippen LogP contribution in [0.15, 0.2) is 42.5 Å². The minimum atomic E-state index is -0.343. The van der Waals surface area contributed by atoms with Crippen LogP contribution in [0.1, 0.15) is 40.2 Å². The Morgan fingerprint density at radius 1 is 1.12 bits per heavy atom. The maximum Gasteiger partial charge on any atom is 0.257 e. The third-order valence-electron chi connectivity index (χ3n) is 5.41. The first-order valence-corrected chi connectivity index (χ1v) is 11.1. The molecule has 32 heavy (non-hydrogen) atoms. The van der Waals surface area contributed by atoms with Gasteiger partial charge in [0.25, 0.3) is 5.91 Å². The van der Waals surface area contributed by atoms with E-state index in [-0.39, 0.29) is 17.7 Å². The van der Waals surface area contributed by atoms with Gasteiger partial charge in [0.15, 0.2) is 0 Å². The number of nitrogens with one attached hydrogen (secondary N) is 1. The lowest BCUT2D eigenvalue weighted by Gasteiger charge is -2.16. The molecule has 166 valence electrons. The number of benzene rings is 2. The van der Waals surface area contributed by atoms with Gasteiger partial charge in [-0.05, 0) is 36.2 Å². The first-order chi connectivity index (χ1) is 15.5. The van der Waals surface area contributed by atoms with Gasteiger partial charge in [-0.1, -0.05) is 30.4 Å². The van der Waals surface area contributed by atoms with Crippen LogP contribution in [0.3, 0.4) is 0 Å². The minimum Gasteiger partial charge on any atom is -0.497 e. The Kier molecular flexibility index (Phi) is 6.36. The summed E-state index contributed by atoms with van der Waals surface area (Å²) in [6.07, 6.45) is 1.32. The van der Waals surface area contributed by atoms with Gasteiger partial charge < -0.3 is 14.4 Å². The maximum absolute atomic E-state index is 12.7. The van der Waals surface area contributed by atoms with Gasteiger partial charge in [0.1, 0.15) is 16.5 Å². The number of carbonyl (C=O) groups excluding carboxylic acids is 2. The number of ether oxygens (including phenoxy) is 2. The molecule has 0 unspecified atom stereocenters. The number of hydrogen-bond donors (Lipinski definition) is 1. The molecule has 1 saturated heterocycles. The molecule has 2 amide bonds. The van der Waals surface area contributed by atoms with E-state index in [0.29, 0.717) is 35.2 Å². The molecule has 1 aromatic heterocycles. The smallest absolute Gasteiger partial charge is 0.257 e. The second kappa shape index (κ2) is 9.35. The van der Waals surface area contributed by atoms with Crippen molar-refractivity contribution in [2.45, 2.75) is 25.7 Å². The summed E-state index contributed by atoms with van der Waals surface area (Å²) in [4.78, 5) is 27.1. The van der Waals surface area contributed by atoms with Crippen molar-refractivity contribution in [2.75, 3.05) is 31.0 Å². The summed E-state index contributed by atoms with van der Waals surface area (Å²) in [5.41, 5.74) is 2.51. The lowest BCUT2D eigenvalue weighted by atomic mass is 10.1. The van der Waals surface area contributed by atoms with Gasteiger partial charge in [-0.3, -0.25) is 14.9 Å². The molecule has 1 aliphatic rings. The average Bonchev–Trinajstić information content (AvgIpc) is 3.45. The molecule has 0 aliphatic carbocycles. The number of aromatic nitrogens is 2. The van der Waals surface area contributed by atoms with Gasteiger partial charge >= 0.3 is 0 Å². The summed E-state index contributed by atoms with van der Waals surface area (Å²) in [6, 6.07) is 13.0. The van der Waals surface area contributed by atoms with Crippen molar-refractivity contribution in [1.29, 1.82) is 0 Å². The molecule has 2 heterocycles. The lowest BCUT2D eigenvalue weighted by molar-refractivity contribution is -0.117. The number of amides is 2. The van der Waals surface area contributed by atoms with Crippen molar-refractivity contribution in [3.63, 3.8) is 0 Å². The van der Waals surface area contributed by atoms with Crippen LogP contribution >= 0.6 is 11.3 Å². The highest BCUT2D eigenvalue weighted by Gasteiger charge is 2.34. The van der Waals surface area contributed by atoms with E-state index in [2.05, 4.69) is 22.4 Å². The van der Waals surface area contributed by atoms with E-state index in [4.69, 9.17) is 9.47 Å². The van der Waals surface area contributed by atoms with E-state index in [1.54, 1.807) is 23.1 Å². The van der Waals surface area contributed by atoms with Crippen molar-refractivity contribution >= 4 is 34.0 Å². The van der Waals surface area contributed by atoms with Crippen LogP contribution < -0.4 is 19.7 Å². The third-order valence-corrected chi connectivity index (χ3v) is 6.41. The van der Waals surface area contributed by atoms with Gasteiger partial charge in [0.05, 0.1) is 14.2 Å². The van der Waals surface area contributed by atoms with Crippen LogP contribution in [-0.4, -0.2) is 42.8 Å². The fourth-order valence-corrected chi connectivity index (χ4v) is 4.42. The summed E-state index contributed by atoms with van der Waals surface area (Å²) >= 11 is 1.28. The van der Waals surface area contributed by atoms with Gasteiger partial charge in [-0.2, -0.15) is 0 Å². The van der Waals surface area contributed by atoms with Crippen molar-refractivity contribution < 1.29 is 19.1 Å². The Balaban J connectivity index is 1.45. The topological polar surface area (TPSA) is 93.7 Å². The molecule has 0 spiro atoms. The normalized spacial score (nSPS) is 15.7. The number of nitrogens with zero attached hydrogens (tertiary/aromatic N) is 3. The highest BCUT2D eigenvalue weighted by molar-refractivity contribution is 7.15. The Labute approximate surface area is 190 Å². The molecule has 2 aromatic carbocycles. The highest BCUT2D eigenvalue weighted by Crippen LogP contribution is 2.34. The molecular formula is C23H24N4O4S. The van der Waals surface area contributed by atoms with Gasteiger partial charge in [0, 0.05) is 36.2 Å². The zero-order chi connectivity index (χ0) is 22.7. The summed E-state index contributed by atoms with van der Waals surface area (Å²) < 4.78 is 10.4. The van der Waals surface area contributed by atoms with Crippen LogP contribution in [0.25, 0.3) is 0 Å². The SMILES string of the molecule is CCc1ccc(N2C[C@H](c3nnc(NC(=O)c4cc(OC)cc(OC)c4)s3)CC2=O)cc1. The van der Waals surface area contributed by atoms with Crippen molar-refractivity contribution in [1.82, 2.24) is 10.2 Å². The summed E-state index contributed by atoms with van der Waals surface area (Å²) in [5.74, 6) is 0.690. The molecule has 0 radical (unpaired) electrons. The standard InChI is InChI=1S/C23H24N4O4S/c1-4-14-5-7-17(8-6-14)27-13-16(11-20(27)28)22-25-26-23(32-22)24-21(29)15-9-18(30-2)12-19(10-15)31-3/h5-10,12,16H,4,11,13H2,1-3H3,(H,24,26,29)/t16-/m1/s1. The number of carbonyl (C=O) groups is 2.